The van der Waals surface area contributed by atoms with Crippen molar-refractivity contribution in [3.63, 3.8) is 0 Å². The quantitative estimate of drug-likeness (QED) is 0.455. The molecule has 3 N–H and O–H groups in total. The van der Waals surface area contributed by atoms with Crippen LogP contribution in [0.2, 0.25) is 0 Å². The second-order valence-corrected chi connectivity index (χ2v) is 1.96. The van der Waals surface area contributed by atoms with Crippen molar-refractivity contribution in [3.8, 4) is 0 Å². The zero-order valence-corrected chi connectivity index (χ0v) is 8.82. The topological polar surface area (TPSA) is 135 Å². The maximum atomic E-state index is 10.1. The molecule has 0 aromatic heterocycles. The molecule has 0 saturated carbocycles. The third kappa shape index (κ3) is 7.82. The van der Waals surface area contributed by atoms with Crippen LogP contribution in [0.25, 0.3) is 0 Å². The van der Waals surface area contributed by atoms with Crippen LogP contribution in [-0.2, 0) is 9.59 Å². The van der Waals surface area contributed by atoms with Crippen molar-refractivity contribution in [3.05, 3.63) is 0 Å². The van der Waals surface area contributed by atoms with E-state index in [9.17, 15) is 24.6 Å². The van der Waals surface area contributed by atoms with Gasteiger partial charge in [-0.25, -0.2) is 4.79 Å². The smallest absolute Gasteiger partial charge is 0.550 e. The van der Waals surface area contributed by atoms with Crippen LogP contribution >= 0.6 is 0 Å². The summed E-state index contributed by atoms with van der Waals surface area (Å²) in [5.41, 5.74) is 4.55. The van der Waals surface area contributed by atoms with Gasteiger partial charge in [0.25, 0.3) is 0 Å². The number of carbonyl (C=O) groups excluding carboxylic acids is 3. The monoisotopic (exact) mass is 214 g/mol. The van der Waals surface area contributed by atoms with Crippen molar-refractivity contribution >= 4 is 55.7 Å². The second-order valence-electron chi connectivity index (χ2n) is 1.96. The summed E-state index contributed by atoms with van der Waals surface area (Å²) in [5, 5.41) is 21.7. The molecule has 0 aliphatic carbocycles. The van der Waals surface area contributed by atoms with Gasteiger partial charge in [-0.1, -0.05) is 0 Å². The van der Waals surface area contributed by atoms with Crippen LogP contribution in [0, 0.1) is 0 Å². The number of rotatable bonds is 4. The van der Waals surface area contributed by atoms with Gasteiger partial charge in [0.05, 0.1) is 12.0 Å². The van der Waals surface area contributed by atoms with Gasteiger partial charge in [0.1, 0.15) is 0 Å². The molecule has 0 saturated heterocycles. The van der Waals surface area contributed by atoms with E-state index in [0.29, 0.717) is 0 Å². The maximum absolute atomic E-state index is 10.1. The summed E-state index contributed by atoms with van der Waals surface area (Å²) in [7, 11) is 0. The van der Waals surface area contributed by atoms with Crippen molar-refractivity contribution in [1.82, 2.24) is 5.32 Å². The third-order valence-corrected chi connectivity index (χ3v) is 0.972. The Balaban J connectivity index is 0. The predicted molar refractivity (Wildman–Crippen MR) is 36.9 cm³/mol. The van der Waals surface area contributed by atoms with Gasteiger partial charge in [-0.3, -0.25) is 0 Å². The summed E-state index contributed by atoms with van der Waals surface area (Å²) in [6, 6.07) is -2.78. The second kappa shape index (κ2) is 6.93. The molecule has 0 bridgehead atoms. The summed E-state index contributed by atoms with van der Waals surface area (Å²) >= 11 is 0. The fourth-order valence-electron chi connectivity index (χ4n) is 0.532. The number of nitrogens with two attached hydrogens (primary N) is 1. The summed E-state index contributed by atoms with van der Waals surface area (Å²) < 4.78 is 0. The van der Waals surface area contributed by atoms with E-state index in [1.807, 2.05) is 0 Å². The normalized spacial score (nSPS) is 10.8. The number of aliphatic carboxylic acids is 2. The molecule has 0 rings (SSSR count). The van der Waals surface area contributed by atoms with E-state index in [4.69, 9.17) is 0 Å². The minimum Gasteiger partial charge on any atom is -0.550 e. The summed E-state index contributed by atoms with van der Waals surface area (Å²) in [5.74, 6) is -3.34. The number of hydrogen-bond donors (Lipinski definition) is 2. The Morgan fingerprint density at radius 3 is 2.00 bits per heavy atom. The van der Waals surface area contributed by atoms with Gasteiger partial charge in [-0.15, -0.1) is 0 Å². The fourth-order valence-corrected chi connectivity index (χ4v) is 0.532. The van der Waals surface area contributed by atoms with E-state index in [0.717, 1.165) is 0 Å². The largest absolute Gasteiger partial charge is 2.00 e. The molecule has 13 heavy (non-hydrogen) atoms. The molecule has 0 radical (unpaired) electrons. The van der Waals surface area contributed by atoms with Gasteiger partial charge < -0.3 is 30.9 Å². The van der Waals surface area contributed by atoms with Crippen molar-refractivity contribution < 1.29 is 24.6 Å². The number of amides is 2. The zero-order chi connectivity index (χ0) is 9.72. The van der Waals surface area contributed by atoms with Crippen LogP contribution in [0.1, 0.15) is 6.42 Å². The molecule has 0 fully saturated rings. The Bertz CT molecular complexity index is 203. The maximum Gasteiger partial charge on any atom is 2.00 e. The Hall–Kier alpha value is -0.530. The standard InChI is InChI=1S/C5H8N2O5.Ca/c6-5(12)7-2(4(10)11)1-3(8)9;/h2H,1H2,(H,8,9)(H,10,11)(H3,6,7,12);/q;+2/p-2/t2-;/m1./s1. The number of carboxylic acid groups (broad SMARTS) is 2. The Morgan fingerprint density at radius 1 is 1.31 bits per heavy atom. The molecule has 0 spiro atoms. The molecule has 0 aromatic carbocycles. The SMILES string of the molecule is NC(=O)N[C@H](CC(=O)[O-])C(=O)[O-].[Ca+2]. The van der Waals surface area contributed by atoms with Crippen molar-refractivity contribution in [2.75, 3.05) is 0 Å². The fraction of sp³-hybridized carbons (Fsp3) is 0.400. The first-order valence-corrected chi connectivity index (χ1v) is 2.90. The van der Waals surface area contributed by atoms with Crippen molar-refractivity contribution in [2.45, 2.75) is 12.5 Å². The molecule has 0 aliphatic heterocycles. The molecular weight excluding hydrogens is 208 g/mol. The van der Waals surface area contributed by atoms with Gasteiger partial charge in [0.15, 0.2) is 0 Å². The summed E-state index contributed by atoms with van der Waals surface area (Å²) in [4.78, 5) is 30.1. The first-order chi connectivity index (χ1) is 5.43. The van der Waals surface area contributed by atoms with Crippen LogP contribution in [-0.4, -0.2) is 61.7 Å². The van der Waals surface area contributed by atoms with E-state index in [1.54, 1.807) is 5.32 Å². The third-order valence-electron chi connectivity index (χ3n) is 0.972. The number of urea groups is 1. The van der Waals surface area contributed by atoms with Gasteiger partial charge in [0.2, 0.25) is 0 Å². The molecule has 0 heterocycles. The van der Waals surface area contributed by atoms with Crippen LogP contribution in [0.15, 0.2) is 0 Å². The summed E-state index contributed by atoms with van der Waals surface area (Å²) in [6.07, 6.45) is -0.870. The average molecular weight is 214 g/mol. The predicted octanol–water partition coefficient (Wildman–Crippen LogP) is -4.47. The molecule has 2 amide bonds. The van der Waals surface area contributed by atoms with E-state index < -0.39 is 30.4 Å². The Morgan fingerprint density at radius 2 is 1.77 bits per heavy atom. The first kappa shape index (κ1) is 15.0. The zero-order valence-electron chi connectivity index (χ0n) is 6.61. The van der Waals surface area contributed by atoms with E-state index in [1.165, 1.54) is 0 Å². The van der Waals surface area contributed by atoms with Gasteiger partial charge in [-0.05, 0) is 0 Å². The van der Waals surface area contributed by atoms with E-state index >= 15 is 0 Å². The van der Waals surface area contributed by atoms with Crippen molar-refractivity contribution in [1.29, 1.82) is 0 Å². The number of hydrogen-bond acceptors (Lipinski definition) is 5. The van der Waals surface area contributed by atoms with Crippen LogP contribution in [0.3, 0.4) is 0 Å². The van der Waals surface area contributed by atoms with Crippen LogP contribution < -0.4 is 21.3 Å². The molecule has 1 atom stereocenters. The van der Waals surface area contributed by atoms with Gasteiger partial charge >= 0.3 is 43.8 Å². The molecule has 0 aliphatic rings. The van der Waals surface area contributed by atoms with Crippen LogP contribution in [0.4, 0.5) is 4.79 Å². The number of carboxylic acids is 2. The number of primary amides is 1. The molecule has 8 heteroatoms. The van der Waals surface area contributed by atoms with Crippen LogP contribution in [0.5, 0.6) is 0 Å². The Kier molecular flexibility index (Phi) is 7.98. The molecular formula is C5H6CaN2O5. The molecule has 68 valence electrons. The van der Waals surface area contributed by atoms with Gasteiger partial charge in [-0.2, -0.15) is 0 Å². The minimum absolute atomic E-state index is 0. The number of carbonyl (C=O) groups is 3. The number of nitrogens with one attached hydrogen (secondary N) is 1. The average Bonchev–Trinajstić information content (AvgIpc) is 1.83. The molecule has 0 unspecified atom stereocenters. The molecule has 7 nitrogen and oxygen atoms in total. The van der Waals surface area contributed by atoms with Gasteiger partial charge in [0, 0.05) is 12.4 Å². The van der Waals surface area contributed by atoms with E-state index in [-0.39, 0.29) is 37.7 Å². The summed E-state index contributed by atoms with van der Waals surface area (Å²) in [6.45, 7) is 0. The minimum atomic E-state index is -1.72. The molecule has 0 aromatic rings. The Labute approximate surface area is 103 Å². The van der Waals surface area contributed by atoms with Crippen molar-refractivity contribution in [2.24, 2.45) is 5.73 Å². The first-order valence-electron chi connectivity index (χ1n) is 2.90. The van der Waals surface area contributed by atoms with E-state index in [2.05, 4.69) is 5.73 Å².